The van der Waals surface area contributed by atoms with E-state index in [0.717, 1.165) is 63.0 Å². The summed E-state index contributed by atoms with van der Waals surface area (Å²) in [5.41, 5.74) is 1.84. The van der Waals surface area contributed by atoms with Crippen LogP contribution in [0.4, 0.5) is 16.2 Å². The number of hydrogen-bond acceptors (Lipinski definition) is 9. The molecule has 11 nitrogen and oxygen atoms in total. The second-order valence-corrected chi connectivity index (χ2v) is 10.7. The smallest absolute Gasteiger partial charge is 0.429 e. The second-order valence-electron chi connectivity index (χ2n) is 10.7. The molecule has 0 aliphatic carbocycles. The van der Waals surface area contributed by atoms with Gasteiger partial charge >= 0.3 is 6.16 Å². The van der Waals surface area contributed by atoms with Crippen LogP contribution in [0.5, 0.6) is 0 Å². The Bertz CT molecular complexity index is 1110. The van der Waals surface area contributed by atoms with Crippen LogP contribution >= 0.6 is 0 Å². The summed E-state index contributed by atoms with van der Waals surface area (Å²) in [6.07, 6.45) is 2.20. The van der Waals surface area contributed by atoms with Crippen LogP contribution in [0.15, 0.2) is 48.5 Å². The molecule has 4 bridgehead atoms. The van der Waals surface area contributed by atoms with E-state index in [-0.39, 0.29) is 35.3 Å². The van der Waals surface area contributed by atoms with Gasteiger partial charge in [-0.2, -0.15) is 0 Å². The number of carbonyl (C=O) groups excluding carboxylic acids is 1. The van der Waals surface area contributed by atoms with Gasteiger partial charge in [-0.25, -0.2) is 4.79 Å². The second kappa shape index (κ2) is 9.95. The van der Waals surface area contributed by atoms with Gasteiger partial charge in [-0.15, -0.1) is 0 Å². The van der Waals surface area contributed by atoms with Crippen molar-refractivity contribution in [2.24, 2.45) is 11.8 Å². The molecule has 6 aliphatic heterocycles. The maximum atomic E-state index is 13.3. The van der Waals surface area contributed by atoms with Gasteiger partial charge in [0.1, 0.15) is 12.2 Å². The first kappa shape index (κ1) is 24.7. The maximum Gasteiger partial charge on any atom is 0.508 e. The van der Waals surface area contributed by atoms with Gasteiger partial charge in [0.25, 0.3) is 11.4 Å². The minimum Gasteiger partial charge on any atom is -0.429 e. The van der Waals surface area contributed by atoms with E-state index in [9.17, 15) is 25.0 Å². The van der Waals surface area contributed by atoms with E-state index in [1.165, 1.54) is 24.3 Å². The molecule has 38 heavy (non-hydrogen) atoms. The molecule has 0 amide bonds. The Morgan fingerprint density at radius 1 is 0.658 bits per heavy atom. The molecular formula is C27H30N4O7. The van der Waals surface area contributed by atoms with Crippen molar-refractivity contribution < 1.29 is 24.1 Å². The Hall–Kier alpha value is -3.57. The lowest BCUT2D eigenvalue weighted by atomic mass is 9.78. The minimum atomic E-state index is -0.693. The molecule has 6 fully saturated rings. The van der Waals surface area contributed by atoms with Crippen molar-refractivity contribution in [3.63, 3.8) is 0 Å². The summed E-state index contributed by atoms with van der Waals surface area (Å²) >= 11 is 0. The maximum absolute atomic E-state index is 13.3. The third-order valence-electron chi connectivity index (χ3n) is 8.84. The summed E-state index contributed by atoms with van der Waals surface area (Å²) in [5, 5.41) is 22.2. The first-order chi connectivity index (χ1) is 18.4. The van der Waals surface area contributed by atoms with Gasteiger partial charge in [0.05, 0.1) is 21.9 Å². The largest absolute Gasteiger partial charge is 0.508 e. The number of fused-ring (bicyclic) bond motifs is 6. The number of rotatable bonds is 6. The molecule has 0 aromatic heterocycles. The molecule has 2 aromatic carbocycles. The number of nitrogens with zero attached hydrogens (tertiary/aromatic N) is 4. The van der Waals surface area contributed by atoms with E-state index < -0.39 is 28.2 Å². The Kier molecular flexibility index (Phi) is 6.48. The number of non-ortho nitro benzene ring substituents is 2. The van der Waals surface area contributed by atoms with E-state index in [4.69, 9.17) is 9.47 Å². The van der Waals surface area contributed by atoms with Crippen molar-refractivity contribution in [1.29, 1.82) is 0 Å². The quantitative estimate of drug-likeness (QED) is 0.303. The number of carbonyl (C=O) groups is 1. The van der Waals surface area contributed by atoms with Crippen LogP contribution in [0, 0.1) is 32.1 Å². The molecule has 6 saturated heterocycles. The van der Waals surface area contributed by atoms with Crippen molar-refractivity contribution >= 4 is 17.5 Å². The first-order valence-corrected chi connectivity index (χ1v) is 13.2. The van der Waals surface area contributed by atoms with Crippen LogP contribution < -0.4 is 0 Å². The standard InChI is InChI=1S/C27H30N4O7/c32-27(37-25-19-9-13-28(14-10-19)23(25)17-1-5-21(6-2-17)30(33)34)38-26-20-11-15-29(16-12-20)24(26)18-3-7-22(8-4-18)31(35)36/h1-8,19-20,23-26H,9-16H2/t23-,24-,25-,26-/m0/s1. The fraction of sp³-hybridized carbons (Fsp3) is 0.519. The predicted octanol–water partition coefficient (Wildman–Crippen LogP) is 4.63. The molecule has 2 aromatic rings. The molecule has 200 valence electrons. The zero-order valence-electron chi connectivity index (χ0n) is 20.9. The van der Waals surface area contributed by atoms with Crippen LogP contribution in [-0.2, 0) is 9.47 Å². The van der Waals surface area contributed by atoms with Gasteiger partial charge in [-0.05, 0) is 63.0 Å². The molecule has 8 rings (SSSR count). The lowest BCUT2D eigenvalue weighted by Crippen LogP contribution is -2.56. The van der Waals surface area contributed by atoms with Crippen LogP contribution in [0.2, 0.25) is 0 Å². The molecule has 0 N–H and O–H groups in total. The summed E-state index contributed by atoms with van der Waals surface area (Å²) in [4.78, 5) is 39.3. The van der Waals surface area contributed by atoms with Crippen molar-refractivity contribution in [3.05, 3.63) is 79.9 Å². The van der Waals surface area contributed by atoms with Crippen molar-refractivity contribution in [1.82, 2.24) is 9.80 Å². The van der Waals surface area contributed by atoms with Crippen molar-refractivity contribution in [2.45, 2.75) is 50.0 Å². The topological polar surface area (TPSA) is 128 Å². The fourth-order valence-electron chi connectivity index (χ4n) is 6.94. The average Bonchev–Trinajstić information content (AvgIpc) is 2.94. The Balaban J connectivity index is 1.21. The molecule has 0 unspecified atom stereocenters. The monoisotopic (exact) mass is 522 g/mol. The third kappa shape index (κ3) is 4.49. The lowest BCUT2D eigenvalue weighted by molar-refractivity contribution is -0.385. The van der Waals surface area contributed by atoms with E-state index in [1.54, 1.807) is 24.3 Å². The van der Waals surface area contributed by atoms with Crippen LogP contribution in [-0.4, -0.2) is 64.2 Å². The van der Waals surface area contributed by atoms with Gasteiger partial charge < -0.3 is 9.47 Å². The molecule has 0 saturated carbocycles. The number of nitro benzene ring substituents is 2. The molecule has 0 radical (unpaired) electrons. The van der Waals surface area contributed by atoms with Gasteiger partial charge in [0.15, 0.2) is 0 Å². The van der Waals surface area contributed by atoms with Crippen molar-refractivity contribution in [3.8, 4) is 0 Å². The SMILES string of the molecule is O=C(O[C@H]1C2CCN(CC2)[C@H]1c1ccc([N+](=O)[O-])cc1)O[C@H]1C2CCN(CC2)[C@H]1c1ccc([N+](=O)[O-])cc1. The number of nitro groups is 2. The highest BCUT2D eigenvalue weighted by atomic mass is 16.7. The molecule has 11 heteroatoms. The number of hydrogen-bond donors (Lipinski definition) is 0. The van der Waals surface area contributed by atoms with E-state index in [2.05, 4.69) is 9.80 Å². The van der Waals surface area contributed by atoms with Crippen LogP contribution in [0.25, 0.3) is 0 Å². The molecular weight excluding hydrogens is 492 g/mol. The zero-order valence-corrected chi connectivity index (χ0v) is 20.9. The summed E-state index contributed by atoms with van der Waals surface area (Å²) in [6, 6.07) is 12.7. The summed E-state index contributed by atoms with van der Waals surface area (Å²) in [5.74, 6) is 0.398. The normalized spacial score (nSPS) is 33.5. The van der Waals surface area contributed by atoms with Gasteiger partial charge in [0, 0.05) is 36.1 Å². The van der Waals surface area contributed by atoms with Crippen LogP contribution in [0.1, 0.15) is 48.9 Å². The summed E-state index contributed by atoms with van der Waals surface area (Å²) in [6.45, 7) is 3.57. The van der Waals surface area contributed by atoms with E-state index in [0.29, 0.717) is 0 Å². The summed E-state index contributed by atoms with van der Waals surface area (Å²) < 4.78 is 12.1. The number of benzene rings is 2. The van der Waals surface area contributed by atoms with Gasteiger partial charge in [-0.3, -0.25) is 30.0 Å². The number of piperidine rings is 6. The molecule has 0 spiro atoms. The highest BCUT2D eigenvalue weighted by Gasteiger charge is 2.48. The van der Waals surface area contributed by atoms with E-state index in [1.807, 2.05) is 0 Å². The number of ether oxygens (including phenoxy) is 2. The Morgan fingerprint density at radius 3 is 1.32 bits per heavy atom. The van der Waals surface area contributed by atoms with E-state index >= 15 is 0 Å². The highest BCUT2D eigenvalue weighted by molar-refractivity contribution is 5.61. The van der Waals surface area contributed by atoms with Gasteiger partial charge in [-0.1, -0.05) is 24.3 Å². The average molecular weight is 523 g/mol. The van der Waals surface area contributed by atoms with Crippen molar-refractivity contribution in [2.75, 3.05) is 26.2 Å². The predicted molar refractivity (Wildman–Crippen MR) is 135 cm³/mol. The lowest BCUT2D eigenvalue weighted by Gasteiger charge is -2.51. The Morgan fingerprint density at radius 2 is 1.00 bits per heavy atom. The first-order valence-electron chi connectivity index (χ1n) is 13.2. The van der Waals surface area contributed by atoms with Gasteiger partial charge in [0.2, 0.25) is 0 Å². The molecule has 6 heterocycles. The molecule has 4 atom stereocenters. The third-order valence-corrected chi connectivity index (χ3v) is 8.84. The summed E-state index contributed by atoms with van der Waals surface area (Å²) in [7, 11) is 0. The van der Waals surface area contributed by atoms with Crippen LogP contribution in [0.3, 0.4) is 0 Å². The molecule has 6 aliphatic rings. The zero-order chi connectivity index (χ0) is 26.4. The fourth-order valence-corrected chi connectivity index (χ4v) is 6.94. The minimum absolute atomic E-state index is 0.0289. The Labute approximate surface area is 219 Å². The highest BCUT2D eigenvalue weighted by Crippen LogP contribution is 2.45.